The van der Waals surface area contributed by atoms with Gasteiger partial charge in [-0.05, 0) is 96.2 Å². The number of hydrogen-bond acceptors (Lipinski definition) is 6. The van der Waals surface area contributed by atoms with E-state index in [4.69, 9.17) is 35.9 Å². The standard InChI is InChI=1S/C36H33Br3ClN3O4/c1-6-45-30-14-21(5)27(17-26(30)20(3)4)35-42-29-11-9-8-10-25(29)36(44)43(35)41-18-23-15-31(46-7-2)34(33(40)32(23)39)47-19-22-12-13-24(37)16-28(22)38/h8-18,20H,6-7,19H2,1-5H3. The minimum absolute atomic E-state index is 0.181. The quantitative estimate of drug-likeness (QED) is 0.124. The third-order valence-corrected chi connectivity index (χ3v) is 10.1. The van der Waals surface area contributed by atoms with Crippen molar-refractivity contribution in [2.75, 3.05) is 13.2 Å². The fraction of sp³-hybridized carbons (Fsp3) is 0.250. The maximum atomic E-state index is 14.0. The Hall–Kier alpha value is -3.18. The van der Waals surface area contributed by atoms with Crippen LogP contribution in [0.4, 0.5) is 0 Å². The fourth-order valence-electron chi connectivity index (χ4n) is 5.08. The van der Waals surface area contributed by atoms with Crippen LogP contribution in [0, 0.1) is 6.92 Å². The third kappa shape index (κ3) is 7.61. The van der Waals surface area contributed by atoms with E-state index in [1.807, 2.05) is 69.3 Å². The van der Waals surface area contributed by atoms with Crippen LogP contribution < -0.4 is 19.8 Å². The zero-order valence-corrected chi connectivity index (χ0v) is 32.0. The van der Waals surface area contributed by atoms with Gasteiger partial charge in [-0.2, -0.15) is 9.78 Å². The maximum absolute atomic E-state index is 14.0. The summed E-state index contributed by atoms with van der Waals surface area (Å²) in [5, 5.41) is 5.49. The van der Waals surface area contributed by atoms with Crippen LogP contribution in [-0.4, -0.2) is 29.1 Å². The van der Waals surface area contributed by atoms with Gasteiger partial charge in [0.1, 0.15) is 17.4 Å². The lowest BCUT2D eigenvalue weighted by Crippen LogP contribution is -2.21. The highest BCUT2D eigenvalue weighted by Crippen LogP contribution is 2.43. The van der Waals surface area contributed by atoms with Gasteiger partial charge in [0.15, 0.2) is 17.3 Å². The number of halogens is 4. The van der Waals surface area contributed by atoms with E-state index >= 15 is 0 Å². The van der Waals surface area contributed by atoms with E-state index in [0.29, 0.717) is 56.5 Å². The summed E-state index contributed by atoms with van der Waals surface area (Å²) in [5.41, 5.74) is 4.53. The van der Waals surface area contributed by atoms with E-state index in [1.165, 1.54) is 4.68 Å². The SMILES string of the molecule is CCOc1cc(C)c(-c2nc3ccccc3c(=O)n2N=Cc2cc(OCC)c(OCc3ccc(Br)cc3Br)c(Cl)c2Br)cc1C(C)C. The van der Waals surface area contributed by atoms with Crippen molar-refractivity contribution in [3.8, 4) is 28.6 Å². The first kappa shape index (κ1) is 35.1. The molecular formula is C36H33Br3ClN3O4. The number of nitrogens with zero attached hydrogens (tertiary/aromatic N) is 3. The van der Waals surface area contributed by atoms with Crippen molar-refractivity contribution in [2.45, 2.75) is 47.1 Å². The summed E-state index contributed by atoms with van der Waals surface area (Å²) in [7, 11) is 0. The molecule has 0 aliphatic rings. The molecule has 7 nitrogen and oxygen atoms in total. The number of aryl methyl sites for hydroxylation is 1. The lowest BCUT2D eigenvalue weighted by atomic mass is 9.96. The maximum Gasteiger partial charge on any atom is 0.282 e. The van der Waals surface area contributed by atoms with Crippen LogP contribution in [0.1, 0.15) is 55.9 Å². The first-order chi connectivity index (χ1) is 22.5. The average molecular weight is 847 g/mol. The molecule has 1 heterocycles. The molecule has 0 fully saturated rings. The molecule has 0 atom stereocenters. The summed E-state index contributed by atoms with van der Waals surface area (Å²) in [6.45, 7) is 11.2. The van der Waals surface area contributed by atoms with E-state index in [0.717, 1.165) is 36.9 Å². The number of rotatable bonds is 11. The van der Waals surface area contributed by atoms with Crippen molar-refractivity contribution in [2.24, 2.45) is 5.10 Å². The molecule has 0 amide bonds. The van der Waals surface area contributed by atoms with Crippen LogP contribution in [0.15, 0.2) is 84.0 Å². The van der Waals surface area contributed by atoms with Crippen LogP contribution in [0.5, 0.6) is 17.2 Å². The first-order valence-electron chi connectivity index (χ1n) is 15.1. The van der Waals surface area contributed by atoms with E-state index in [2.05, 4.69) is 61.6 Å². The number of ether oxygens (including phenoxy) is 3. The monoisotopic (exact) mass is 843 g/mol. The number of aromatic nitrogens is 2. The van der Waals surface area contributed by atoms with Gasteiger partial charge in [-0.15, -0.1) is 0 Å². The second-order valence-electron chi connectivity index (χ2n) is 11.0. The van der Waals surface area contributed by atoms with Crippen LogP contribution in [0.3, 0.4) is 0 Å². The molecule has 0 radical (unpaired) electrons. The van der Waals surface area contributed by atoms with Crippen LogP contribution in [0.2, 0.25) is 5.02 Å². The fourth-order valence-corrected chi connectivity index (χ4v) is 6.90. The zero-order chi connectivity index (χ0) is 33.8. The second-order valence-corrected chi connectivity index (χ2v) is 13.9. The lowest BCUT2D eigenvalue weighted by molar-refractivity contribution is 0.269. The molecule has 244 valence electrons. The van der Waals surface area contributed by atoms with E-state index in [9.17, 15) is 4.79 Å². The predicted octanol–water partition coefficient (Wildman–Crippen LogP) is 10.7. The van der Waals surface area contributed by atoms with Gasteiger partial charge >= 0.3 is 0 Å². The number of para-hydroxylation sites is 1. The molecule has 0 spiro atoms. The summed E-state index contributed by atoms with van der Waals surface area (Å²) in [5.74, 6) is 2.26. The summed E-state index contributed by atoms with van der Waals surface area (Å²) in [6, 6.07) is 18.9. The van der Waals surface area contributed by atoms with Gasteiger partial charge in [0.25, 0.3) is 5.56 Å². The van der Waals surface area contributed by atoms with E-state index in [1.54, 1.807) is 18.3 Å². The minimum Gasteiger partial charge on any atom is -0.494 e. The van der Waals surface area contributed by atoms with E-state index in [-0.39, 0.29) is 18.1 Å². The Morgan fingerprint density at radius 2 is 1.68 bits per heavy atom. The minimum atomic E-state index is -0.298. The second kappa shape index (κ2) is 15.4. The van der Waals surface area contributed by atoms with Crippen molar-refractivity contribution >= 4 is 76.5 Å². The smallest absolute Gasteiger partial charge is 0.282 e. The highest BCUT2D eigenvalue weighted by molar-refractivity contribution is 9.11. The normalized spacial score (nSPS) is 11.5. The summed E-state index contributed by atoms with van der Waals surface area (Å²) in [4.78, 5) is 18.9. The van der Waals surface area contributed by atoms with Crippen molar-refractivity contribution < 1.29 is 14.2 Å². The summed E-state index contributed by atoms with van der Waals surface area (Å²) >= 11 is 17.6. The predicted molar refractivity (Wildman–Crippen MR) is 201 cm³/mol. The highest BCUT2D eigenvalue weighted by Gasteiger charge is 2.21. The molecule has 47 heavy (non-hydrogen) atoms. The molecule has 0 bridgehead atoms. The summed E-state index contributed by atoms with van der Waals surface area (Å²) in [6.07, 6.45) is 1.57. The molecule has 0 saturated carbocycles. The Balaban J connectivity index is 1.63. The van der Waals surface area contributed by atoms with Crippen molar-refractivity contribution in [3.05, 3.63) is 112 Å². The molecule has 4 aromatic carbocycles. The Kier molecular flexibility index (Phi) is 11.5. The summed E-state index contributed by atoms with van der Waals surface area (Å²) < 4.78 is 21.8. The van der Waals surface area contributed by atoms with Crippen LogP contribution in [0.25, 0.3) is 22.3 Å². The van der Waals surface area contributed by atoms with Gasteiger partial charge in [0.05, 0.1) is 30.3 Å². The average Bonchev–Trinajstić information content (AvgIpc) is 3.03. The van der Waals surface area contributed by atoms with Crippen molar-refractivity contribution in [1.82, 2.24) is 9.66 Å². The Bertz CT molecular complexity index is 2050. The van der Waals surface area contributed by atoms with Gasteiger partial charge in [-0.25, -0.2) is 4.98 Å². The third-order valence-electron chi connectivity index (χ3n) is 7.43. The molecule has 0 aliphatic carbocycles. The Labute approximate surface area is 304 Å². The first-order valence-corrected chi connectivity index (χ1v) is 17.8. The topological polar surface area (TPSA) is 74.9 Å². The van der Waals surface area contributed by atoms with E-state index < -0.39 is 0 Å². The number of fused-ring (bicyclic) bond motifs is 1. The molecule has 0 N–H and O–H groups in total. The molecular weight excluding hydrogens is 814 g/mol. The Morgan fingerprint density at radius 3 is 2.38 bits per heavy atom. The van der Waals surface area contributed by atoms with Gasteiger partial charge in [-0.1, -0.05) is 75.5 Å². The molecule has 0 saturated heterocycles. The van der Waals surface area contributed by atoms with Gasteiger partial charge in [0, 0.05) is 30.1 Å². The highest BCUT2D eigenvalue weighted by atomic mass is 79.9. The van der Waals surface area contributed by atoms with Gasteiger partial charge in [0.2, 0.25) is 0 Å². The molecule has 5 rings (SSSR count). The van der Waals surface area contributed by atoms with Gasteiger partial charge in [-0.3, -0.25) is 4.79 Å². The van der Waals surface area contributed by atoms with Crippen molar-refractivity contribution in [3.63, 3.8) is 0 Å². The molecule has 1 aromatic heterocycles. The molecule has 11 heteroatoms. The molecule has 0 unspecified atom stereocenters. The van der Waals surface area contributed by atoms with Crippen LogP contribution >= 0.6 is 59.4 Å². The largest absolute Gasteiger partial charge is 0.494 e. The van der Waals surface area contributed by atoms with Crippen LogP contribution in [-0.2, 0) is 6.61 Å². The number of hydrogen-bond donors (Lipinski definition) is 0. The molecule has 0 aliphatic heterocycles. The molecule has 5 aromatic rings. The zero-order valence-electron chi connectivity index (χ0n) is 26.5. The Morgan fingerprint density at radius 1 is 0.957 bits per heavy atom. The lowest BCUT2D eigenvalue weighted by Gasteiger charge is -2.18. The van der Waals surface area contributed by atoms with Crippen molar-refractivity contribution in [1.29, 1.82) is 0 Å². The number of benzene rings is 4. The van der Waals surface area contributed by atoms with Gasteiger partial charge < -0.3 is 14.2 Å².